The van der Waals surface area contributed by atoms with Crippen LogP contribution in [0, 0.1) is 5.82 Å². The summed E-state index contributed by atoms with van der Waals surface area (Å²) in [6, 6.07) is 14.1. The summed E-state index contributed by atoms with van der Waals surface area (Å²) in [5, 5.41) is 3.77. The first-order valence-corrected chi connectivity index (χ1v) is 11.4. The fraction of sp³-hybridized carbons (Fsp3) is 0.269. The molecule has 0 aliphatic carbocycles. The highest BCUT2D eigenvalue weighted by Gasteiger charge is 2.20. The second-order valence-electron chi connectivity index (χ2n) is 8.21. The summed E-state index contributed by atoms with van der Waals surface area (Å²) in [7, 11) is 1.43. The Labute approximate surface area is 201 Å². The predicted molar refractivity (Wildman–Crippen MR) is 128 cm³/mol. The Morgan fingerprint density at radius 2 is 2.06 bits per heavy atom. The van der Waals surface area contributed by atoms with Gasteiger partial charge in [0, 0.05) is 23.2 Å². The van der Waals surface area contributed by atoms with Crippen LogP contribution >= 0.6 is 0 Å². The first-order valence-electron chi connectivity index (χ1n) is 11.4. The molecule has 0 radical (unpaired) electrons. The van der Waals surface area contributed by atoms with Crippen LogP contribution < -0.4 is 14.8 Å². The monoisotopic (exact) mass is 476 g/mol. The lowest BCUT2D eigenvalue weighted by Crippen LogP contribution is -2.49. The normalized spacial score (nSPS) is 13.5. The first-order chi connectivity index (χ1) is 17.1. The van der Waals surface area contributed by atoms with Gasteiger partial charge in [-0.15, -0.1) is 0 Å². The van der Waals surface area contributed by atoms with E-state index >= 15 is 0 Å². The number of aryl methyl sites for hydroxylation is 1. The molecule has 0 saturated carbocycles. The average molecular weight is 477 g/mol. The molecular weight excluding hydrogens is 451 g/mol. The molecule has 9 heteroatoms. The van der Waals surface area contributed by atoms with E-state index in [1.54, 1.807) is 18.2 Å². The van der Waals surface area contributed by atoms with E-state index < -0.39 is 5.82 Å². The SMILES string of the molecule is CCc1nc(-c2ccc(OC)c(F)c2)nc2c1ccn2-c1cccc(OCC(=O)NC2COC2)c1. The van der Waals surface area contributed by atoms with E-state index in [4.69, 9.17) is 19.2 Å². The van der Waals surface area contributed by atoms with Crippen LogP contribution in [0.1, 0.15) is 12.6 Å². The van der Waals surface area contributed by atoms with Crippen molar-refractivity contribution in [1.29, 1.82) is 0 Å². The highest BCUT2D eigenvalue weighted by Crippen LogP contribution is 2.28. The molecule has 0 bridgehead atoms. The Morgan fingerprint density at radius 1 is 1.20 bits per heavy atom. The van der Waals surface area contributed by atoms with E-state index in [1.807, 2.05) is 42.0 Å². The minimum Gasteiger partial charge on any atom is -0.494 e. The lowest BCUT2D eigenvalue weighted by Gasteiger charge is -2.26. The average Bonchev–Trinajstić information content (AvgIpc) is 3.28. The number of hydrogen-bond acceptors (Lipinski definition) is 6. The van der Waals surface area contributed by atoms with E-state index in [1.165, 1.54) is 13.2 Å². The fourth-order valence-electron chi connectivity index (χ4n) is 3.95. The molecule has 3 heterocycles. The minimum atomic E-state index is -0.471. The van der Waals surface area contributed by atoms with Gasteiger partial charge in [-0.05, 0) is 42.8 Å². The third-order valence-electron chi connectivity index (χ3n) is 5.84. The number of fused-ring (bicyclic) bond motifs is 1. The van der Waals surface area contributed by atoms with Crippen molar-refractivity contribution in [2.45, 2.75) is 19.4 Å². The third-order valence-corrected chi connectivity index (χ3v) is 5.84. The molecule has 1 fully saturated rings. The Bertz CT molecular complexity index is 1380. The summed E-state index contributed by atoms with van der Waals surface area (Å²) in [6.07, 6.45) is 2.61. The molecule has 8 nitrogen and oxygen atoms in total. The van der Waals surface area contributed by atoms with E-state index in [0.29, 0.717) is 42.4 Å². The topological polar surface area (TPSA) is 87.5 Å². The van der Waals surface area contributed by atoms with Gasteiger partial charge in [0.25, 0.3) is 5.91 Å². The standard InChI is InChI=1S/C26H25FN4O4/c1-3-22-20-9-10-31(26(20)30-25(29-22)16-7-8-23(33-2)21(27)11-16)18-5-4-6-19(12-18)35-15-24(32)28-17-13-34-14-17/h4-12,17H,3,13-15H2,1-2H3,(H,28,32). The number of nitrogens with one attached hydrogen (secondary N) is 1. The summed E-state index contributed by atoms with van der Waals surface area (Å²) in [5.41, 5.74) is 2.94. The number of halogens is 1. The number of aromatic nitrogens is 3. The predicted octanol–water partition coefficient (Wildman–Crippen LogP) is 3.69. The lowest BCUT2D eigenvalue weighted by molar-refractivity contribution is -0.127. The summed E-state index contributed by atoms with van der Waals surface area (Å²) < 4.78 is 32.1. The second-order valence-corrected chi connectivity index (χ2v) is 8.21. The molecule has 2 aromatic carbocycles. The van der Waals surface area contributed by atoms with Crippen LogP contribution in [0.2, 0.25) is 0 Å². The van der Waals surface area contributed by atoms with E-state index in [2.05, 4.69) is 10.3 Å². The van der Waals surface area contributed by atoms with Crippen LogP contribution in [-0.2, 0) is 16.0 Å². The van der Waals surface area contributed by atoms with Crippen LogP contribution in [0.25, 0.3) is 28.1 Å². The molecule has 1 N–H and O–H groups in total. The molecule has 2 aromatic heterocycles. The summed E-state index contributed by atoms with van der Waals surface area (Å²) >= 11 is 0. The van der Waals surface area contributed by atoms with Crippen LogP contribution in [0.3, 0.4) is 0 Å². The molecule has 0 spiro atoms. The van der Waals surface area contributed by atoms with Crippen molar-refractivity contribution in [3.63, 3.8) is 0 Å². The highest BCUT2D eigenvalue weighted by molar-refractivity contribution is 5.83. The maximum absolute atomic E-state index is 14.3. The lowest BCUT2D eigenvalue weighted by atomic mass is 10.1. The Morgan fingerprint density at radius 3 is 2.77 bits per heavy atom. The number of rotatable bonds is 8. The number of hydrogen-bond donors (Lipinski definition) is 1. The number of amides is 1. The van der Waals surface area contributed by atoms with Gasteiger partial charge in [-0.3, -0.25) is 4.79 Å². The molecule has 180 valence electrons. The molecule has 5 rings (SSSR count). The van der Waals surface area contributed by atoms with Crippen molar-refractivity contribution < 1.29 is 23.4 Å². The largest absolute Gasteiger partial charge is 0.494 e. The van der Waals surface area contributed by atoms with Crippen LogP contribution in [0.5, 0.6) is 11.5 Å². The molecule has 1 aliphatic rings. The zero-order chi connectivity index (χ0) is 24.4. The van der Waals surface area contributed by atoms with Gasteiger partial charge in [0.05, 0.1) is 37.7 Å². The van der Waals surface area contributed by atoms with Crippen LogP contribution in [-0.4, -0.2) is 53.4 Å². The Kier molecular flexibility index (Phi) is 6.33. The Hall–Kier alpha value is -3.98. The molecular formula is C26H25FN4O4. The molecule has 4 aromatic rings. The van der Waals surface area contributed by atoms with Crippen LogP contribution in [0.4, 0.5) is 4.39 Å². The van der Waals surface area contributed by atoms with Crippen molar-refractivity contribution >= 4 is 16.9 Å². The van der Waals surface area contributed by atoms with Gasteiger partial charge >= 0.3 is 0 Å². The maximum atomic E-state index is 14.3. The van der Waals surface area contributed by atoms with Gasteiger partial charge in [-0.2, -0.15) is 0 Å². The molecule has 0 atom stereocenters. The van der Waals surface area contributed by atoms with E-state index in [9.17, 15) is 9.18 Å². The van der Waals surface area contributed by atoms with Crippen molar-refractivity contribution in [1.82, 2.24) is 19.9 Å². The van der Waals surface area contributed by atoms with Crippen LogP contribution in [0.15, 0.2) is 54.7 Å². The van der Waals surface area contributed by atoms with Gasteiger partial charge in [-0.1, -0.05) is 13.0 Å². The van der Waals surface area contributed by atoms with Gasteiger partial charge in [0.2, 0.25) is 0 Å². The number of nitrogens with zero attached hydrogens (tertiary/aromatic N) is 3. The van der Waals surface area contributed by atoms with Gasteiger partial charge < -0.3 is 24.1 Å². The fourth-order valence-corrected chi connectivity index (χ4v) is 3.95. The smallest absolute Gasteiger partial charge is 0.258 e. The Balaban J connectivity index is 1.45. The van der Waals surface area contributed by atoms with Crippen molar-refractivity contribution in [2.24, 2.45) is 0 Å². The molecule has 1 aliphatic heterocycles. The summed E-state index contributed by atoms with van der Waals surface area (Å²) in [5.74, 6) is 0.500. The van der Waals surface area contributed by atoms with Gasteiger partial charge in [-0.25, -0.2) is 14.4 Å². The number of benzene rings is 2. The van der Waals surface area contributed by atoms with Gasteiger partial charge in [0.15, 0.2) is 24.0 Å². The zero-order valence-corrected chi connectivity index (χ0v) is 19.5. The first kappa shape index (κ1) is 22.8. The second kappa shape index (κ2) is 9.71. The van der Waals surface area contributed by atoms with Gasteiger partial charge in [0.1, 0.15) is 11.4 Å². The highest BCUT2D eigenvalue weighted by atomic mass is 19.1. The number of carbonyl (C=O) groups excluding carboxylic acids is 1. The molecule has 1 saturated heterocycles. The van der Waals surface area contributed by atoms with E-state index in [0.717, 1.165) is 16.8 Å². The van der Waals surface area contributed by atoms with Crippen molar-refractivity contribution in [3.8, 4) is 28.6 Å². The third kappa shape index (κ3) is 4.67. The number of methoxy groups -OCH3 is 1. The summed E-state index contributed by atoms with van der Waals surface area (Å²) in [4.78, 5) is 21.5. The molecule has 0 unspecified atom stereocenters. The zero-order valence-electron chi connectivity index (χ0n) is 19.5. The minimum absolute atomic E-state index is 0.0597. The number of carbonyl (C=O) groups is 1. The number of ether oxygens (including phenoxy) is 3. The van der Waals surface area contributed by atoms with Crippen molar-refractivity contribution in [2.75, 3.05) is 26.9 Å². The van der Waals surface area contributed by atoms with E-state index in [-0.39, 0.29) is 24.3 Å². The van der Waals surface area contributed by atoms with Crippen molar-refractivity contribution in [3.05, 3.63) is 66.2 Å². The molecule has 35 heavy (non-hydrogen) atoms. The quantitative estimate of drug-likeness (QED) is 0.417. The summed E-state index contributed by atoms with van der Waals surface area (Å²) in [6.45, 7) is 3.01. The maximum Gasteiger partial charge on any atom is 0.258 e. The molecule has 1 amide bonds.